The van der Waals surface area contributed by atoms with Crippen LogP contribution in [0.2, 0.25) is 19.6 Å². The SMILES string of the molecule is COc1cccc(C=O)c1[Si](C)(C)C. The van der Waals surface area contributed by atoms with Crippen LogP contribution in [0.3, 0.4) is 0 Å². The van der Waals surface area contributed by atoms with Gasteiger partial charge in [-0.05, 0) is 11.3 Å². The summed E-state index contributed by atoms with van der Waals surface area (Å²) in [5.41, 5.74) is 0.767. The van der Waals surface area contributed by atoms with Crippen molar-refractivity contribution < 1.29 is 9.53 Å². The second kappa shape index (κ2) is 3.96. The van der Waals surface area contributed by atoms with Crippen molar-refractivity contribution in [3.05, 3.63) is 23.8 Å². The Morgan fingerprint density at radius 1 is 1.29 bits per heavy atom. The molecule has 3 heteroatoms. The van der Waals surface area contributed by atoms with E-state index >= 15 is 0 Å². The predicted molar refractivity (Wildman–Crippen MR) is 61.4 cm³/mol. The predicted octanol–water partition coefficient (Wildman–Crippen LogP) is 2.05. The molecule has 76 valence electrons. The van der Waals surface area contributed by atoms with E-state index in [2.05, 4.69) is 19.6 Å². The fourth-order valence-electron chi connectivity index (χ4n) is 1.62. The van der Waals surface area contributed by atoms with E-state index in [4.69, 9.17) is 4.74 Å². The molecule has 0 aromatic heterocycles. The molecule has 0 unspecified atom stereocenters. The third kappa shape index (κ3) is 2.04. The molecule has 1 rings (SSSR count). The first-order valence-electron chi connectivity index (χ1n) is 4.63. The van der Waals surface area contributed by atoms with Gasteiger partial charge in [0.15, 0.2) is 0 Å². The van der Waals surface area contributed by atoms with Crippen LogP contribution in [0.1, 0.15) is 10.4 Å². The fraction of sp³-hybridized carbons (Fsp3) is 0.364. The Bertz CT molecular complexity index is 340. The summed E-state index contributed by atoms with van der Waals surface area (Å²) in [6, 6.07) is 5.62. The van der Waals surface area contributed by atoms with Crippen molar-refractivity contribution in [1.82, 2.24) is 0 Å². The summed E-state index contributed by atoms with van der Waals surface area (Å²) in [4.78, 5) is 10.9. The number of hydrogen-bond donors (Lipinski definition) is 0. The van der Waals surface area contributed by atoms with Crippen molar-refractivity contribution in [3.63, 3.8) is 0 Å². The van der Waals surface area contributed by atoms with Gasteiger partial charge in [0.2, 0.25) is 0 Å². The first kappa shape index (κ1) is 11.0. The van der Waals surface area contributed by atoms with E-state index in [1.807, 2.05) is 18.2 Å². The van der Waals surface area contributed by atoms with Crippen molar-refractivity contribution in [1.29, 1.82) is 0 Å². The highest BCUT2D eigenvalue weighted by Crippen LogP contribution is 2.16. The standard InChI is InChI=1S/C11H16O2Si/c1-13-10-7-5-6-9(8-12)11(10)14(2,3)4/h5-8H,1-4H3. The molecule has 0 amide bonds. The Hall–Kier alpha value is -1.09. The summed E-state index contributed by atoms with van der Waals surface area (Å²) in [6.07, 6.45) is 0.913. The number of carbonyl (C=O) groups is 1. The molecule has 0 N–H and O–H groups in total. The molecule has 0 atom stereocenters. The van der Waals surface area contributed by atoms with Gasteiger partial charge in [0.05, 0.1) is 15.2 Å². The number of carbonyl (C=O) groups excluding carboxylic acids is 1. The van der Waals surface area contributed by atoms with E-state index in [9.17, 15) is 4.79 Å². The molecule has 2 nitrogen and oxygen atoms in total. The number of rotatable bonds is 3. The van der Waals surface area contributed by atoms with Crippen LogP contribution in [0.5, 0.6) is 5.75 Å². The highest BCUT2D eigenvalue weighted by molar-refractivity contribution is 6.90. The third-order valence-electron chi connectivity index (χ3n) is 2.16. The summed E-state index contributed by atoms with van der Waals surface area (Å²) in [5.74, 6) is 0.841. The van der Waals surface area contributed by atoms with Crippen molar-refractivity contribution in [3.8, 4) is 5.75 Å². The highest BCUT2D eigenvalue weighted by Gasteiger charge is 2.24. The second-order valence-corrected chi connectivity index (χ2v) is 9.29. The normalized spacial score (nSPS) is 11.1. The largest absolute Gasteiger partial charge is 0.497 e. The van der Waals surface area contributed by atoms with Gasteiger partial charge in [-0.15, -0.1) is 0 Å². The molecule has 0 fully saturated rings. The molecule has 0 saturated carbocycles. The number of aldehydes is 1. The van der Waals surface area contributed by atoms with Crippen LogP contribution in [0, 0.1) is 0 Å². The summed E-state index contributed by atoms with van der Waals surface area (Å²) in [5, 5.41) is 1.11. The summed E-state index contributed by atoms with van der Waals surface area (Å²) in [6.45, 7) is 6.62. The van der Waals surface area contributed by atoms with E-state index in [0.29, 0.717) is 0 Å². The van der Waals surface area contributed by atoms with E-state index in [1.54, 1.807) is 7.11 Å². The van der Waals surface area contributed by atoms with Crippen molar-refractivity contribution in [2.75, 3.05) is 7.11 Å². The lowest BCUT2D eigenvalue weighted by molar-refractivity contribution is 0.112. The number of hydrogen-bond acceptors (Lipinski definition) is 2. The van der Waals surface area contributed by atoms with Gasteiger partial charge in [0.25, 0.3) is 0 Å². The molecule has 0 heterocycles. The maximum atomic E-state index is 10.9. The second-order valence-electron chi connectivity index (χ2n) is 4.29. The van der Waals surface area contributed by atoms with Crippen LogP contribution in [0.25, 0.3) is 0 Å². The van der Waals surface area contributed by atoms with Gasteiger partial charge >= 0.3 is 0 Å². The van der Waals surface area contributed by atoms with Gasteiger partial charge in [-0.2, -0.15) is 0 Å². The Kier molecular flexibility index (Phi) is 3.11. The van der Waals surface area contributed by atoms with Gasteiger partial charge in [0, 0.05) is 5.56 Å². The minimum absolute atomic E-state index is 0.767. The molecule has 1 aromatic carbocycles. The van der Waals surface area contributed by atoms with E-state index in [0.717, 1.165) is 22.8 Å². The quantitative estimate of drug-likeness (QED) is 0.561. The van der Waals surface area contributed by atoms with Gasteiger partial charge in [0.1, 0.15) is 12.0 Å². The lowest BCUT2D eigenvalue weighted by Crippen LogP contribution is -2.41. The molecule has 0 radical (unpaired) electrons. The summed E-state index contributed by atoms with van der Waals surface area (Å²) >= 11 is 0. The molecule has 0 spiro atoms. The fourth-order valence-corrected chi connectivity index (χ4v) is 3.55. The minimum atomic E-state index is -1.52. The molecule has 0 aliphatic carbocycles. The molecule has 0 aliphatic rings. The van der Waals surface area contributed by atoms with E-state index in [1.165, 1.54) is 0 Å². The molecular weight excluding hydrogens is 192 g/mol. The van der Waals surface area contributed by atoms with Crippen LogP contribution in [-0.4, -0.2) is 21.5 Å². The number of ether oxygens (including phenoxy) is 1. The van der Waals surface area contributed by atoms with Crippen LogP contribution in [0.15, 0.2) is 18.2 Å². The Morgan fingerprint density at radius 3 is 2.36 bits per heavy atom. The monoisotopic (exact) mass is 208 g/mol. The Morgan fingerprint density at radius 2 is 1.93 bits per heavy atom. The smallest absolute Gasteiger partial charge is 0.150 e. The van der Waals surface area contributed by atoms with Gasteiger partial charge < -0.3 is 4.74 Å². The number of benzene rings is 1. The molecule has 14 heavy (non-hydrogen) atoms. The molecule has 0 saturated heterocycles. The molecule has 0 bridgehead atoms. The zero-order valence-corrected chi connectivity index (χ0v) is 10.1. The van der Waals surface area contributed by atoms with Gasteiger partial charge in [-0.1, -0.05) is 31.8 Å². The first-order chi connectivity index (χ1) is 6.50. The zero-order chi connectivity index (χ0) is 10.8. The maximum absolute atomic E-state index is 10.9. The summed E-state index contributed by atoms with van der Waals surface area (Å²) < 4.78 is 5.29. The topological polar surface area (TPSA) is 26.3 Å². The van der Waals surface area contributed by atoms with E-state index < -0.39 is 8.07 Å². The molecule has 1 aromatic rings. The first-order valence-corrected chi connectivity index (χ1v) is 8.13. The number of methoxy groups -OCH3 is 1. The van der Waals surface area contributed by atoms with Gasteiger partial charge in [-0.25, -0.2) is 0 Å². The average Bonchev–Trinajstić information content (AvgIpc) is 2.15. The lowest BCUT2D eigenvalue weighted by atomic mass is 10.2. The third-order valence-corrected chi connectivity index (χ3v) is 4.19. The van der Waals surface area contributed by atoms with E-state index in [-0.39, 0.29) is 0 Å². The molecule has 0 aliphatic heterocycles. The van der Waals surface area contributed by atoms with Crippen LogP contribution in [0.4, 0.5) is 0 Å². The van der Waals surface area contributed by atoms with Crippen LogP contribution in [-0.2, 0) is 0 Å². The molecular formula is C11H16O2Si. The highest BCUT2D eigenvalue weighted by atomic mass is 28.3. The zero-order valence-electron chi connectivity index (χ0n) is 9.13. The maximum Gasteiger partial charge on any atom is 0.150 e. The van der Waals surface area contributed by atoms with Gasteiger partial charge in [-0.3, -0.25) is 4.79 Å². The summed E-state index contributed by atoms with van der Waals surface area (Å²) in [7, 11) is 0.126. The Balaban J connectivity index is 3.41. The lowest BCUT2D eigenvalue weighted by Gasteiger charge is -2.21. The van der Waals surface area contributed by atoms with Crippen molar-refractivity contribution >= 4 is 19.5 Å². The average molecular weight is 208 g/mol. The minimum Gasteiger partial charge on any atom is -0.497 e. The van der Waals surface area contributed by atoms with Crippen molar-refractivity contribution in [2.45, 2.75) is 19.6 Å². The Labute approximate surface area is 85.9 Å². The van der Waals surface area contributed by atoms with Crippen LogP contribution >= 0.6 is 0 Å². The van der Waals surface area contributed by atoms with Crippen LogP contribution < -0.4 is 9.92 Å². The van der Waals surface area contributed by atoms with Crippen molar-refractivity contribution in [2.24, 2.45) is 0 Å².